The molecular weight excluding hydrogens is 316 g/mol. The van der Waals surface area contributed by atoms with Crippen molar-refractivity contribution in [2.24, 2.45) is 0 Å². The van der Waals surface area contributed by atoms with Gasteiger partial charge in [-0.05, 0) is 30.5 Å². The molecule has 0 aliphatic heterocycles. The van der Waals surface area contributed by atoms with Gasteiger partial charge in [-0.25, -0.2) is 8.42 Å². The van der Waals surface area contributed by atoms with Crippen LogP contribution in [0.3, 0.4) is 0 Å². The predicted octanol–water partition coefficient (Wildman–Crippen LogP) is 1.68. The molecule has 1 unspecified atom stereocenters. The summed E-state index contributed by atoms with van der Waals surface area (Å²) in [5.41, 5.74) is 1.33. The molecule has 1 atom stereocenters. The summed E-state index contributed by atoms with van der Waals surface area (Å²) >= 11 is 0. The summed E-state index contributed by atoms with van der Waals surface area (Å²) in [5.74, 6) is -0.0430. The molecule has 7 heteroatoms. The molecule has 0 saturated carbocycles. The van der Waals surface area contributed by atoms with Crippen molar-refractivity contribution in [3.8, 4) is 0 Å². The maximum Gasteiger partial charge on any atom is 0.249 e. The zero-order valence-electron chi connectivity index (χ0n) is 13.1. The fourth-order valence-electron chi connectivity index (χ4n) is 2.28. The molecule has 2 aromatic rings. The summed E-state index contributed by atoms with van der Waals surface area (Å²) in [6.07, 6.45) is 0.00852. The quantitative estimate of drug-likeness (QED) is 0.805. The van der Waals surface area contributed by atoms with Crippen molar-refractivity contribution < 1.29 is 13.2 Å². The first-order valence-electron chi connectivity index (χ1n) is 7.16. The number of hydrogen-bond acceptors (Lipinski definition) is 4. The third-order valence-corrected chi connectivity index (χ3v) is 4.64. The van der Waals surface area contributed by atoms with E-state index < -0.39 is 16.1 Å². The van der Waals surface area contributed by atoms with Crippen molar-refractivity contribution in [3.63, 3.8) is 0 Å². The Balaban J connectivity index is 2.07. The maximum atomic E-state index is 12.3. The highest BCUT2D eigenvalue weighted by Crippen LogP contribution is 2.11. The second-order valence-corrected chi connectivity index (χ2v) is 7.13. The van der Waals surface area contributed by atoms with Crippen LogP contribution in [-0.2, 0) is 21.2 Å². The number of aromatic amines is 1. The topological polar surface area (TPSA) is 88.3 Å². The molecule has 0 amide bonds. The van der Waals surface area contributed by atoms with Gasteiger partial charge in [0.25, 0.3) is 0 Å². The molecule has 1 heterocycles. The molecule has 0 saturated heterocycles. The average molecular weight is 336 g/mol. The SMILES string of the molecule is COC(Cc1ccccc1)CS(=O)(=O)Nc1cc(C)cc(=O)[nH]1. The number of methoxy groups -OCH3 is 1. The number of aryl methyl sites for hydroxylation is 1. The number of nitrogens with one attached hydrogen (secondary N) is 2. The van der Waals surface area contributed by atoms with E-state index >= 15 is 0 Å². The molecule has 0 radical (unpaired) electrons. The van der Waals surface area contributed by atoms with Crippen LogP contribution >= 0.6 is 0 Å². The lowest BCUT2D eigenvalue weighted by atomic mass is 10.1. The van der Waals surface area contributed by atoms with Gasteiger partial charge in [0.1, 0.15) is 5.82 Å². The van der Waals surface area contributed by atoms with E-state index in [9.17, 15) is 13.2 Å². The molecule has 0 bridgehead atoms. The minimum atomic E-state index is -3.64. The van der Waals surface area contributed by atoms with Crippen LogP contribution in [0.15, 0.2) is 47.3 Å². The van der Waals surface area contributed by atoms with Crippen LogP contribution in [-0.4, -0.2) is 32.4 Å². The van der Waals surface area contributed by atoms with E-state index in [4.69, 9.17) is 4.74 Å². The summed E-state index contributed by atoms with van der Waals surface area (Å²) in [6, 6.07) is 12.5. The van der Waals surface area contributed by atoms with E-state index in [0.29, 0.717) is 12.0 Å². The highest BCUT2D eigenvalue weighted by atomic mass is 32.2. The number of H-pyrrole nitrogens is 1. The summed E-state index contributed by atoms with van der Waals surface area (Å²) in [7, 11) is -2.16. The zero-order chi connectivity index (χ0) is 16.9. The molecule has 6 nitrogen and oxygen atoms in total. The van der Waals surface area contributed by atoms with Crippen LogP contribution in [0.4, 0.5) is 5.82 Å². The number of ether oxygens (including phenoxy) is 1. The number of aromatic nitrogens is 1. The van der Waals surface area contributed by atoms with E-state index in [-0.39, 0.29) is 17.1 Å². The van der Waals surface area contributed by atoms with Crippen LogP contribution in [0.25, 0.3) is 0 Å². The molecule has 0 aliphatic carbocycles. The molecule has 124 valence electrons. The molecule has 2 N–H and O–H groups in total. The van der Waals surface area contributed by atoms with Crippen LogP contribution in [0.5, 0.6) is 0 Å². The smallest absolute Gasteiger partial charge is 0.249 e. The van der Waals surface area contributed by atoms with Gasteiger partial charge in [0.2, 0.25) is 15.6 Å². The fourth-order valence-corrected chi connectivity index (χ4v) is 3.55. The number of anilines is 1. The Bertz CT molecular complexity index is 800. The van der Waals surface area contributed by atoms with Crippen molar-refractivity contribution in [1.82, 2.24) is 4.98 Å². The van der Waals surface area contributed by atoms with Crippen LogP contribution in [0.1, 0.15) is 11.1 Å². The molecule has 1 aromatic heterocycles. The predicted molar refractivity (Wildman–Crippen MR) is 90.2 cm³/mol. The highest BCUT2D eigenvalue weighted by molar-refractivity contribution is 7.92. The van der Waals surface area contributed by atoms with Crippen molar-refractivity contribution in [3.05, 3.63) is 63.9 Å². The number of rotatable bonds is 7. The Labute approximate surface area is 135 Å². The lowest BCUT2D eigenvalue weighted by Crippen LogP contribution is -2.30. The highest BCUT2D eigenvalue weighted by Gasteiger charge is 2.20. The third kappa shape index (κ3) is 5.54. The van der Waals surface area contributed by atoms with E-state index in [0.717, 1.165) is 5.56 Å². The Kier molecular flexibility index (Phi) is 5.57. The van der Waals surface area contributed by atoms with Gasteiger partial charge in [0.05, 0.1) is 11.9 Å². The van der Waals surface area contributed by atoms with Gasteiger partial charge in [0, 0.05) is 13.2 Å². The van der Waals surface area contributed by atoms with Gasteiger partial charge >= 0.3 is 0 Å². The summed E-state index contributed by atoms with van der Waals surface area (Å²) < 4.78 is 32.2. The molecule has 0 fully saturated rings. The lowest BCUT2D eigenvalue weighted by molar-refractivity contribution is 0.121. The van der Waals surface area contributed by atoms with Crippen molar-refractivity contribution in [2.75, 3.05) is 17.6 Å². The molecule has 23 heavy (non-hydrogen) atoms. The zero-order valence-corrected chi connectivity index (χ0v) is 13.9. The van der Waals surface area contributed by atoms with Crippen molar-refractivity contribution >= 4 is 15.8 Å². The standard InChI is InChI=1S/C16H20N2O4S/c1-12-8-15(17-16(19)9-12)18-23(20,21)11-14(22-2)10-13-6-4-3-5-7-13/h3-9,14H,10-11H2,1-2H3,(H2,17,18,19). The minimum absolute atomic E-state index is 0.157. The normalized spacial score (nSPS) is 12.8. The van der Waals surface area contributed by atoms with Crippen molar-refractivity contribution in [1.29, 1.82) is 0 Å². The molecule has 1 aromatic carbocycles. The van der Waals surface area contributed by atoms with Gasteiger partial charge in [0.15, 0.2) is 0 Å². The number of benzene rings is 1. The molecule has 0 aliphatic rings. The van der Waals surface area contributed by atoms with Gasteiger partial charge in [-0.15, -0.1) is 0 Å². The van der Waals surface area contributed by atoms with E-state index in [1.807, 2.05) is 30.3 Å². The van der Waals surface area contributed by atoms with Crippen molar-refractivity contribution in [2.45, 2.75) is 19.4 Å². The van der Waals surface area contributed by atoms with Gasteiger partial charge in [-0.1, -0.05) is 30.3 Å². The Morgan fingerprint density at radius 3 is 2.52 bits per heavy atom. The van der Waals surface area contributed by atoms with Crippen LogP contribution < -0.4 is 10.3 Å². The second kappa shape index (κ2) is 7.43. The molecule has 2 rings (SSSR count). The minimum Gasteiger partial charge on any atom is -0.380 e. The summed E-state index contributed by atoms with van der Waals surface area (Å²) in [6.45, 7) is 1.72. The maximum absolute atomic E-state index is 12.3. The molecule has 0 spiro atoms. The Hall–Kier alpha value is -2.12. The number of hydrogen-bond donors (Lipinski definition) is 2. The van der Waals surface area contributed by atoms with Crippen LogP contribution in [0, 0.1) is 6.92 Å². The third-order valence-electron chi connectivity index (χ3n) is 3.30. The summed E-state index contributed by atoms with van der Waals surface area (Å²) in [4.78, 5) is 13.9. The second-order valence-electron chi connectivity index (χ2n) is 5.37. The average Bonchev–Trinajstić information content (AvgIpc) is 2.45. The van der Waals surface area contributed by atoms with Gasteiger partial charge < -0.3 is 9.72 Å². The largest absolute Gasteiger partial charge is 0.380 e. The fraction of sp³-hybridized carbons (Fsp3) is 0.312. The monoisotopic (exact) mass is 336 g/mol. The van der Waals surface area contributed by atoms with Gasteiger partial charge in [-0.3, -0.25) is 9.52 Å². The van der Waals surface area contributed by atoms with E-state index in [1.165, 1.54) is 13.2 Å². The van der Waals surface area contributed by atoms with E-state index in [2.05, 4.69) is 9.71 Å². The Morgan fingerprint density at radius 1 is 1.22 bits per heavy atom. The van der Waals surface area contributed by atoms with Crippen LogP contribution in [0.2, 0.25) is 0 Å². The molecular formula is C16H20N2O4S. The van der Waals surface area contributed by atoms with E-state index in [1.54, 1.807) is 13.0 Å². The Morgan fingerprint density at radius 2 is 1.91 bits per heavy atom. The first kappa shape index (κ1) is 17.2. The summed E-state index contributed by atoms with van der Waals surface area (Å²) in [5, 5.41) is 0. The number of pyridine rings is 1. The first-order chi connectivity index (χ1) is 10.9. The van der Waals surface area contributed by atoms with Gasteiger partial charge in [-0.2, -0.15) is 0 Å². The lowest BCUT2D eigenvalue weighted by Gasteiger charge is -2.16. The number of sulfonamides is 1. The first-order valence-corrected chi connectivity index (χ1v) is 8.81.